The van der Waals surface area contributed by atoms with Crippen molar-refractivity contribution in [2.75, 3.05) is 0 Å². The van der Waals surface area contributed by atoms with Gasteiger partial charge < -0.3 is 17.1 Å². The van der Waals surface area contributed by atoms with Gasteiger partial charge in [-0.25, -0.2) is 13.9 Å². The lowest BCUT2D eigenvalue weighted by Crippen LogP contribution is -3.00. The number of aryl methyl sites for hydroxylation is 1. The summed E-state index contributed by atoms with van der Waals surface area (Å²) >= 11 is 0. The van der Waals surface area contributed by atoms with Crippen LogP contribution in [0.3, 0.4) is 0 Å². The molecule has 0 saturated heterocycles. The van der Waals surface area contributed by atoms with Crippen LogP contribution in [0.4, 0.5) is 0 Å². The summed E-state index contributed by atoms with van der Waals surface area (Å²) in [5, 5.41) is 0. The molecule has 5 heteroatoms. The lowest BCUT2D eigenvalue weighted by Gasteiger charge is -2.36. The summed E-state index contributed by atoms with van der Waals surface area (Å²) in [5.74, 6) is 2.63. The zero-order chi connectivity index (χ0) is 18.1. The lowest BCUT2D eigenvalue weighted by molar-refractivity contribution is -0.652. The quantitative estimate of drug-likeness (QED) is 0.582. The van der Waals surface area contributed by atoms with Gasteiger partial charge in [-0.05, 0) is 42.7 Å². The minimum atomic E-state index is -0.116. The second-order valence-electron chi connectivity index (χ2n) is 8.04. The first kappa shape index (κ1) is 20.8. The molecule has 1 heterocycles. The smallest absolute Gasteiger partial charge is 0.348 e. The Morgan fingerprint density at radius 1 is 1.31 bits per heavy atom. The van der Waals surface area contributed by atoms with Crippen LogP contribution >= 0.6 is 0 Å². The molecule has 0 amide bonds. The van der Waals surface area contributed by atoms with Gasteiger partial charge in [0.05, 0.1) is 7.05 Å². The van der Waals surface area contributed by atoms with Crippen LogP contribution < -0.4 is 17.0 Å². The lowest BCUT2D eigenvalue weighted by atomic mass is 9.75. The summed E-state index contributed by atoms with van der Waals surface area (Å²) in [4.78, 5) is 12.7. The Balaban J connectivity index is 0.00000243. The van der Waals surface area contributed by atoms with E-state index in [4.69, 9.17) is 4.74 Å². The number of hydrogen-bond donors (Lipinski definition) is 0. The number of imidazole rings is 1. The summed E-state index contributed by atoms with van der Waals surface area (Å²) in [6, 6.07) is 8.19. The predicted octanol–water partition coefficient (Wildman–Crippen LogP) is 0.782. The van der Waals surface area contributed by atoms with Crippen molar-refractivity contribution in [1.82, 2.24) is 4.57 Å². The molecule has 0 radical (unpaired) electrons. The van der Waals surface area contributed by atoms with Crippen molar-refractivity contribution in [1.29, 1.82) is 0 Å². The van der Waals surface area contributed by atoms with E-state index in [-0.39, 0.29) is 31.0 Å². The van der Waals surface area contributed by atoms with Crippen molar-refractivity contribution < 1.29 is 26.5 Å². The highest BCUT2D eigenvalue weighted by molar-refractivity contribution is 5.76. The monoisotopic (exact) mass is 378 g/mol. The van der Waals surface area contributed by atoms with Crippen LogP contribution in [0.25, 0.3) is 11.0 Å². The number of halogens is 1. The van der Waals surface area contributed by atoms with E-state index in [0.29, 0.717) is 17.8 Å². The third-order valence-electron chi connectivity index (χ3n) is 5.94. The van der Waals surface area contributed by atoms with Gasteiger partial charge in [-0.1, -0.05) is 39.3 Å². The van der Waals surface area contributed by atoms with Crippen LogP contribution in [0.1, 0.15) is 45.9 Å². The van der Waals surface area contributed by atoms with Crippen molar-refractivity contribution in [2.24, 2.45) is 24.8 Å². The van der Waals surface area contributed by atoms with E-state index in [2.05, 4.69) is 42.0 Å². The SMILES string of the molecule is Cc1n(CC(=O)OC2CC(C)CCC2C(C)C)c2ccccc2[n+]1C.[Cl-]. The largest absolute Gasteiger partial charge is 1.00 e. The standard InChI is InChI=1S/C21H31N2O2.ClH/c1-14(2)17-11-10-15(3)12-20(17)25-21(24)13-23-16(4)22(5)18-8-6-7-9-19(18)23;/h6-9,14-15,17,20H,10-13H2,1-5H3;1H/q+1;/p-1. The number of nitrogens with zero attached hydrogens (tertiary/aromatic N) is 2. The van der Waals surface area contributed by atoms with Gasteiger partial charge in [0.2, 0.25) is 0 Å². The van der Waals surface area contributed by atoms with Crippen LogP contribution in [0.5, 0.6) is 0 Å². The number of aromatic nitrogens is 2. The van der Waals surface area contributed by atoms with Crippen molar-refractivity contribution in [3.05, 3.63) is 30.1 Å². The molecule has 26 heavy (non-hydrogen) atoms. The first-order chi connectivity index (χ1) is 11.9. The van der Waals surface area contributed by atoms with E-state index in [0.717, 1.165) is 29.7 Å². The Morgan fingerprint density at radius 2 is 2.00 bits per heavy atom. The van der Waals surface area contributed by atoms with Crippen molar-refractivity contribution in [2.45, 2.75) is 59.6 Å². The maximum atomic E-state index is 12.7. The number of rotatable bonds is 4. The number of hydrogen-bond acceptors (Lipinski definition) is 2. The molecule has 1 aliphatic rings. The second kappa shape index (κ2) is 8.43. The first-order valence-corrected chi connectivity index (χ1v) is 9.51. The number of carbonyl (C=O) groups excluding carboxylic acids is 1. The number of para-hydroxylation sites is 2. The Hall–Kier alpha value is -1.55. The molecule has 1 aromatic carbocycles. The highest BCUT2D eigenvalue weighted by Crippen LogP contribution is 2.35. The van der Waals surface area contributed by atoms with E-state index in [9.17, 15) is 4.79 Å². The topological polar surface area (TPSA) is 35.1 Å². The summed E-state index contributed by atoms with van der Waals surface area (Å²) in [6.07, 6.45) is 3.46. The molecule has 0 N–H and O–H groups in total. The van der Waals surface area contributed by atoms with Gasteiger partial charge in [0.1, 0.15) is 6.10 Å². The van der Waals surface area contributed by atoms with Crippen molar-refractivity contribution in [3.63, 3.8) is 0 Å². The van der Waals surface area contributed by atoms with E-state index in [1.165, 1.54) is 6.42 Å². The van der Waals surface area contributed by atoms with Crippen LogP contribution in [-0.2, 0) is 23.1 Å². The van der Waals surface area contributed by atoms with E-state index >= 15 is 0 Å². The molecule has 2 aromatic rings. The molecule has 1 aromatic heterocycles. The number of ether oxygens (including phenoxy) is 1. The maximum Gasteiger partial charge on any atom is 0.348 e. The Labute approximate surface area is 162 Å². The molecule has 3 rings (SSSR count). The predicted molar refractivity (Wildman–Crippen MR) is 99.1 cm³/mol. The van der Waals surface area contributed by atoms with Crippen molar-refractivity contribution >= 4 is 17.0 Å². The van der Waals surface area contributed by atoms with Gasteiger partial charge in [0, 0.05) is 6.92 Å². The molecule has 4 nitrogen and oxygen atoms in total. The summed E-state index contributed by atoms with van der Waals surface area (Å²) in [5.41, 5.74) is 2.22. The summed E-state index contributed by atoms with van der Waals surface area (Å²) < 4.78 is 10.2. The van der Waals surface area contributed by atoms with E-state index in [1.54, 1.807) is 0 Å². The average molecular weight is 379 g/mol. The maximum absolute atomic E-state index is 12.7. The molecule has 144 valence electrons. The number of esters is 1. The van der Waals surface area contributed by atoms with Gasteiger partial charge in [0.25, 0.3) is 5.82 Å². The Bertz CT molecular complexity index is 769. The molecule has 1 aliphatic carbocycles. The molecule has 3 unspecified atom stereocenters. The molecule has 1 fully saturated rings. The fourth-order valence-corrected chi connectivity index (χ4v) is 4.29. The first-order valence-electron chi connectivity index (χ1n) is 9.51. The van der Waals surface area contributed by atoms with Crippen LogP contribution in [0.15, 0.2) is 24.3 Å². The zero-order valence-electron chi connectivity index (χ0n) is 16.5. The molecule has 0 bridgehead atoms. The Morgan fingerprint density at radius 3 is 2.69 bits per heavy atom. The van der Waals surface area contributed by atoms with Gasteiger partial charge >= 0.3 is 5.97 Å². The van der Waals surface area contributed by atoms with Gasteiger partial charge in [-0.3, -0.25) is 0 Å². The van der Waals surface area contributed by atoms with Gasteiger partial charge in [0.15, 0.2) is 17.6 Å². The fourth-order valence-electron chi connectivity index (χ4n) is 4.29. The molecular weight excluding hydrogens is 348 g/mol. The highest BCUT2D eigenvalue weighted by atomic mass is 35.5. The van der Waals surface area contributed by atoms with Gasteiger partial charge in [-0.2, -0.15) is 0 Å². The third-order valence-corrected chi connectivity index (χ3v) is 5.94. The molecular formula is C21H31ClN2O2. The third kappa shape index (κ3) is 4.06. The number of benzene rings is 1. The zero-order valence-corrected chi connectivity index (χ0v) is 17.3. The molecule has 1 saturated carbocycles. The normalized spacial score (nSPS) is 23.1. The van der Waals surface area contributed by atoms with Crippen LogP contribution in [-0.4, -0.2) is 16.6 Å². The van der Waals surface area contributed by atoms with Crippen LogP contribution in [0.2, 0.25) is 0 Å². The van der Waals surface area contributed by atoms with Crippen LogP contribution in [0, 0.1) is 24.7 Å². The molecule has 0 spiro atoms. The average Bonchev–Trinajstić information content (AvgIpc) is 2.80. The minimum absolute atomic E-state index is 0. The second-order valence-corrected chi connectivity index (χ2v) is 8.04. The van der Waals surface area contributed by atoms with E-state index < -0.39 is 0 Å². The highest BCUT2D eigenvalue weighted by Gasteiger charge is 2.34. The van der Waals surface area contributed by atoms with E-state index in [1.807, 2.05) is 26.1 Å². The molecule has 3 atom stereocenters. The number of carbonyl (C=O) groups is 1. The number of fused-ring (bicyclic) bond motifs is 1. The minimum Gasteiger partial charge on any atom is -1.00 e. The Kier molecular flexibility index (Phi) is 6.73. The van der Waals surface area contributed by atoms with Gasteiger partial charge in [-0.15, -0.1) is 0 Å². The molecule has 0 aliphatic heterocycles. The van der Waals surface area contributed by atoms with Crippen molar-refractivity contribution in [3.8, 4) is 0 Å². The fraction of sp³-hybridized carbons (Fsp3) is 0.619. The summed E-state index contributed by atoms with van der Waals surface area (Å²) in [7, 11) is 2.04. The summed E-state index contributed by atoms with van der Waals surface area (Å²) in [6.45, 7) is 9.08.